The molecule has 0 bridgehead atoms. The molecule has 0 saturated heterocycles. The summed E-state index contributed by atoms with van der Waals surface area (Å²) < 4.78 is 4.85. The van der Waals surface area contributed by atoms with E-state index in [0.29, 0.717) is 0 Å². The Balaban J connectivity index is 6.73. The van der Waals surface area contributed by atoms with Crippen molar-refractivity contribution in [3.05, 3.63) is 11.3 Å². The van der Waals surface area contributed by atoms with Gasteiger partial charge >= 0.3 is 11.9 Å². The fourth-order valence-corrected chi connectivity index (χ4v) is 13.6. The summed E-state index contributed by atoms with van der Waals surface area (Å²) in [6.45, 7) is 19.8. The van der Waals surface area contributed by atoms with E-state index >= 15 is 0 Å². The normalized spacial score (nSPS) is 14.6. The fraction of sp³-hybridized carbons (Fsp3) is 0.778. The number of carboxylic acids is 1. The van der Waals surface area contributed by atoms with Crippen LogP contribution in [0.3, 0.4) is 0 Å². The number of ether oxygens (including phenoxy) is 1. The van der Waals surface area contributed by atoms with Crippen LogP contribution in [0.1, 0.15) is 68.7 Å². The Morgan fingerprint density at radius 2 is 1.26 bits per heavy atom. The summed E-state index contributed by atoms with van der Waals surface area (Å²) >= 11 is 0. The quantitative estimate of drug-likeness (QED) is 0.446. The summed E-state index contributed by atoms with van der Waals surface area (Å²) in [7, 11) is -1.04. The molecule has 0 aliphatic rings. The van der Waals surface area contributed by atoms with E-state index in [0.717, 1.165) is 0 Å². The van der Waals surface area contributed by atoms with E-state index in [4.69, 9.17) is 4.74 Å². The molecule has 0 aromatic heterocycles. The molecule has 23 heavy (non-hydrogen) atoms. The molecule has 0 aliphatic heterocycles. The van der Waals surface area contributed by atoms with Crippen LogP contribution in [0.25, 0.3) is 0 Å². The maximum atomic E-state index is 12.2. The molecule has 4 nitrogen and oxygen atoms in total. The molecular formula is C18H34O4Si. The highest BCUT2D eigenvalue weighted by Crippen LogP contribution is 2.63. The molecule has 0 fully saturated rings. The minimum atomic E-state index is -2.34. The van der Waals surface area contributed by atoms with Crippen LogP contribution < -0.4 is 0 Å². The van der Waals surface area contributed by atoms with E-state index in [1.807, 2.05) is 5.70 Å². The second kappa shape index (κ2) is 6.79. The van der Waals surface area contributed by atoms with E-state index in [-0.39, 0.29) is 27.1 Å². The van der Waals surface area contributed by atoms with E-state index in [9.17, 15) is 14.7 Å². The van der Waals surface area contributed by atoms with Gasteiger partial charge < -0.3 is 9.84 Å². The molecule has 0 rings (SSSR count). The predicted molar refractivity (Wildman–Crippen MR) is 97.3 cm³/mol. The molecule has 0 saturated carbocycles. The number of hydrogen-bond donors (Lipinski definition) is 1. The lowest BCUT2D eigenvalue weighted by molar-refractivity contribution is -0.141. The lowest BCUT2D eigenvalue weighted by atomic mass is 10.2. The summed E-state index contributed by atoms with van der Waals surface area (Å²) in [6, 6.07) is 0. The van der Waals surface area contributed by atoms with Gasteiger partial charge in [-0.25, -0.2) is 4.79 Å². The minimum absolute atomic E-state index is 0.0543. The smallest absolute Gasteiger partial charge is 0.333 e. The highest BCUT2D eigenvalue weighted by atomic mass is 28.3. The van der Waals surface area contributed by atoms with Gasteiger partial charge in [-0.15, -0.1) is 0 Å². The standard InChI is InChI=1S/C18H34O4Si/c1-16(2,3)23(17(4,5)6,18(7,8)9)12-13(11-14(19)20)15(21)22-10/h12H,11H2,1-10H3,(H,19,20). The Morgan fingerprint density at radius 3 is 1.48 bits per heavy atom. The molecule has 0 atom stereocenters. The van der Waals surface area contributed by atoms with Crippen molar-refractivity contribution < 1.29 is 19.4 Å². The van der Waals surface area contributed by atoms with E-state index in [2.05, 4.69) is 62.3 Å². The van der Waals surface area contributed by atoms with Crippen LogP contribution in [0.15, 0.2) is 11.3 Å². The Bertz CT molecular complexity index is 449. The third-order valence-corrected chi connectivity index (χ3v) is 12.6. The topological polar surface area (TPSA) is 63.6 Å². The Morgan fingerprint density at radius 1 is 0.913 bits per heavy atom. The zero-order valence-corrected chi connectivity index (χ0v) is 17.5. The van der Waals surface area contributed by atoms with Gasteiger partial charge in [-0.05, 0) is 15.1 Å². The van der Waals surface area contributed by atoms with Crippen molar-refractivity contribution in [2.45, 2.75) is 83.8 Å². The lowest BCUT2D eigenvalue weighted by Gasteiger charge is -2.58. The number of rotatable bonds is 4. The Hall–Kier alpha value is -1.10. The number of methoxy groups -OCH3 is 1. The fourth-order valence-electron chi connectivity index (χ4n) is 4.76. The largest absolute Gasteiger partial charge is 0.481 e. The molecule has 0 unspecified atom stereocenters. The van der Waals surface area contributed by atoms with Crippen LogP contribution in [-0.4, -0.2) is 32.2 Å². The molecule has 0 aromatic carbocycles. The van der Waals surface area contributed by atoms with Gasteiger partial charge in [-0.1, -0.05) is 68.0 Å². The van der Waals surface area contributed by atoms with Crippen LogP contribution in [0.2, 0.25) is 15.1 Å². The zero-order chi connectivity index (χ0) is 18.9. The van der Waals surface area contributed by atoms with Crippen LogP contribution in [-0.2, 0) is 14.3 Å². The van der Waals surface area contributed by atoms with Crippen molar-refractivity contribution in [1.29, 1.82) is 0 Å². The SMILES string of the molecule is COC(=O)C(=C[Si](C(C)(C)C)(C(C)(C)C)C(C)(C)C)CC(=O)O. The highest BCUT2D eigenvalue weighted by Gasteiger charge is 2.58. The predicted octanol–water partition coefficient (Wildman–Crippen LogP) is 4.95. The second-order valence-corrected chi connectivity index (χ2v) is 15.7. The first-order valence-electron chi connectivity index (χ1n) is 8.03. The van der Waals surface area contributed by atoms with E-state index in [1.165, 1.54) is 7.11 Å². The lowest BCUT2D eigenvalue weighted by Crippen LogP contribution is -2.57. The van der Waals surface area contributed by atoms with Crippen molar-refractivity contribution in [3.8, 4) is 0 Å². The summed E-state index contributed by atoms with van der Waals surface area (Å²) in [6.07, 6.45) is -0.302. The first-order valence-corrected chi connectivity index (χ1v) is 10.1. The number of carbonyl (C=O) groups is 2. The third kappa shape index (κ3) is 4.46. The monoisotopic (exact) mass is 342 g/mol. The average molecular weight is 343 g/mol. The van der Waals surface area contributed by atoms with Gasteiger partial charge in [0.15, 0.2) is 0 Å². The molecule has 0 aromatic rings. The molecule has 0 aliphatic carbocycles. The van der Waals surface area contributed by atoms with Gasteiger partial charge in [0.2, 0.25) is 0 Å². The number of hydrogen-bond acceptors (Lipinski definition) is 3. The van der Waals surface area contributed by atoms with Gasteiger partial charge in [0.1, 0.15) is 0 Å². The van der Waals surface area contributed by atoms with Crippen LogP contribution in [0.5, 0.6) is 0 Å². The molecular weight excluding hydrogens is 308 g/mol. The Labute approximate surface area is 142 Å². The summed E-state index contributed by atoms with van der Waals surface area (Å²) in [5.41, 5.74) is 2.28. The van der Waals surface area contributed by atoms with Gasteiger partial charge in [0.25, 0.3) is 0 Å². The minimum Gasteiger partial charge on any atom is -0.481 e. The number of esters is 1. The third-order valence-electron chi connectivity index (χ3n) is 4.73. The van der Waals surface area contributed by atoms with Crippen molar-refractivity contribution in [2.24, 2.45) is 0 Å². The van der Waals surface area contributed by atoms with Crippen molar-refractivity contribution in [2.75, 3.05) is 7.11 Å². The number of carbonyl (C=O) groups excluding carboxylic acids is 1. The van der Waals surface area contributed by atoms with Crippen LogP contribution in [0.4, 0.5) is 0 Å². The number of carboxylic acid groups (broad SMARTS) is 1. The highest BCUT2D eigenvalue weighted by molar-refractivity contribution is 6.92. The van der Waals surface area contributed by atoms with Crippen molar-refractivity contribution >= 4 is 20.0 Å². The molecule has 0 heterocycles. The van der Waals surface area contributed by atoms with E-state index < -0.39 is 20.0 Å². The van der Waals surface area contributed by atoms with Gasteiger partial charge in [-0.3, -0.25) is 4.79 Å². The molecule has 0 spiro atoms. The maximum Gasteiger partial charge on any atom is 0.333 e. The summed E-state index contributed by atoms with van der Waals surface area (Å²) in [4.78, 5) is 23.4. The van der Waals surface area contributed by atoms with Crippen molar-refractivity contribution in [3.63, 3.8) is 0 Å². The molecule has 1 N–H and O–H groups in total. The van der Waals surface area contributed by atoms with Gasteiger partial charge in [0, 0.05) is 5.57 Å². The van der Waals surface area contributed by atoms with Crippen LogP contribution in [0, 0.1) is 0 Å². The first kappa shape index (κ1) is 21.9. The molecule has 134 valence electrons. The zero-order valence-electron chi connectivity index (χ0n) is 16.5. The van der Waals surface area contributed by atoms with Gasteiger partial charge in [0.05, 0.1) is 21.6 Å². The first-order chi connectivity index (χ1) is 10.0. The Kier molecular flexibility index (Phi) is 6.47. The summed E-state index contributed by atoms with van der Waals surface area (Å²) in [5.74, 6) is -1.55. The van der Waals surface area contributed by atoms with Crippen LogP contribution >= 0.6 is 0 Å². The van der Waals surface area contributed by atoms with Gasteiger partial charge in [-0.2, -0.15) is 0 Å². The van der Waals surface area contributed by atoms with Crippen molar-refractivity contribution in [1.82, 2.24) is 0 Å². The molecule has 0 radical (unpaired) electrons. The number of aliphatic carboxylic acids is 1. The molecule has 5 heteroatoms. The summed E-state index contributed by atoms with van der Waals surface area (Å²) in [5, 5.41) is 9.04. The van der Waals surface area contributed by atoms with E-state index in [1.54, 1.807) is 0 Å². The average Bonchev–Trinajstić information content (AvgIpc) is 2.27. The molecule has 0 amide bonds. The second-order valence-electron chi connectivity index (χ2n) is 9.29. The maximum absolute atomic E-state index is 12.2.